The zero-order valence-corrected chi connectivity index (χ0v) is 12.1. The van der Waals surface area contributed by atoms with Crippen LogP contribution in [0.5, 0.6) is 5.75 Å². The van der Waals surface area contributed by atoms with Gasteiger partial charge in [0.05, 0.1) is 18.8 Å². The molecule has 1 atom stereocenters. The molecule has 0 heterocycles. The van der Waals surface area contributed by atoms with Crippen molar-refractivity contribution in [3.63, 3.8) is 0 Å². The maximum Gasteiger partial charge on any atom is 0.220 e. The molecule has 4 heteroatoms. The maximum atomic E-state index is 11.8. The number of aryl methyl sites for hydroxylation is 1. The van der Waals surface area contributed by atoms with Crippen LogP contribution in [0.4, 0.5) is 0 Å². The van der Waals surface area contributed by atoms with Crippen LogP contribution in [-0.4, -0.2) is 29.8 Å². The van der Waals surface area contributed by atoms with Crippen LogP contribution in [0.1, 0.15) is 32.8 Å². The summed E-state index contributed by atoms with van der Waals surface area (Å²) < 4.78 is 5.14. The lowest BCUT2D eigenvalue weighted by Gasteiger charge is -2.29. The van der Waals surface area contributed by atoms with E-state index in [4.69, 9.17) is 4.74 Å². The van der Waals surface area contributed by atoms with Crippen molar-refractivity contribution in [3.05, 3.63) is 29.8 Å². The van der Waals surface area contributed by atoms with Crippen LogP contribution in [0.2, 0.25) is 0 Å². The predicted molar refractivity (Wildman–Crippen MR) is 75.2 cm³/mol. The fraction of sp³-hybridized carbons (Fsp3) is 0.533. The van der Waals surface area contributed by atoms with Crippen LogP contribution in [0.15, 0.2) is 24.3 Å². The molecule has 2 N–H and O–H groups in total. The third-order valence-electron chi connectivity index (χ3n) is 3.28. The quantitative estimate of drug-likeness (QED) is 0.826. The van der Waals surface area contributed by atoms with Gasteiger partial charge in [0.15, 0.2) is 0 Å². The Balaban J connectivity index is 2.50. The molecule has 0 aromatic heterocycles. The topological polar surface area (TPSA) is 58.6 Å². The number of rotatable bonds is 6. The lowest BCUT2D eigenvalue weighted by molar-refractivity contribution is -0.123. The molecule has 4 nitrogen and oxygen atoms in total. The SMILES string of the molecule is COc1cccc(CCC(=O)NC(C)(C)C(C)O)c1. The number of benzene rings is 1. The lowest BCUT2D eigenvalue weighted by atomic mass is 9.98. The highest BCUT2D eigenvalue weighted by molar-refractivity contribution is 5.77. The molecule has 0 spiro atoms. The molecule has 0 radical (unpaired) electrons. The second kappa shape index (κ2) is 6.57. The van der Waals surface area contributed by atoms with E-state index in [1.165, 1.54) is 0 Å². The highest BCUT2D eigenvalue weighted by Gasteiger charge is 2.25. The van der Waals surface area contributed by atoms with E-state index < -0.39 is 11.6 Å². The third-order valence-corrected chi connectivity index (χ3v) is 3.28. The van der Waals surface area contributed by atoms with Crippen LogP contribution in [-0.2, 0) is 11.2 Å². The fourth-order valence-corrected chi connectivity index (χ4v) is 1.61. The third kappa shape index (κ3) is 4.91. The number of aliphatic hydroxyl groups is 1. The summed E-state index contributed by atoms with van der Waals surface area (Å²) in [6.07, 6.45) is 0.454. The van der Waals surface area contributed by atoms with Gasteiger partial charge in [-0.1, -0.05) is 12.1 Å². The average molecular weight is 265 g/mol. The van der Waals surface area contributed by atoms with Gasteiger partial charge in [0.2, 0.25) is 5.91 Å². The summed E-state index contributed by atoms with van der Waals surface area (Å²) >= 11 is 0. The molecule has 1 unspecified atom stereocenters. The first-order valence-electron chi connectivity index (χ1n) is 6.47. The van der Waals surface area contributed by atoms with Gasteiger partial charge in [-0.25, -0.2) is 0 Å². The molecule has 0 saturated heterocycles. The molecule has 106 valence electrons. The van der Waals surface area contributed by atoms with Crippen molar-refractivity contribution in [1.82, 2.24) is 5.32 Å². The number of ether oxygens (including phenoxy) is 1. The van der Waals surface area contributed by atoms with Gasteiger partial charge in [-0.2, -0.15) is 0 Å². The van der Waals surface area contributed by atoms with Gasteiger partial charge in [-0.05, 0) is 44.9 Å². The van der Waals surface area contributed by atoms with Crippen molar-refractivity contribution in [2.24, 2.45) is 0 Å². The smallest absolute Gasteiger partial charge is 0.220 e. The largest absolute Gasteiger partial charge is 0.497 e. The van der Waals surface area contributed by atoms with E-state index in [9.17, 15) is 9.90 Å². The van der Waals surface area contributed by atoms with Gasteiger partial charge in [0, 0.05) is 6.42 Å². The Hall–Kier alpha value is -1.55. The summed E-state index contributed by atoms with van der Waals surface area (Å²) in [6.45, 7) is 5.28. The second-order valence-corrected chi connectivity index (χ2v) is 5.30. The van der Waals surface area contributed by atoms with Crippen molar-refractivity contribution >= 4 is 5.91 Å². The summed E-state index contributed by atoms with van der Waals surface area (Å²) in [5.41, 5.74) is 0.454. The number of hydrogen-bond acceptors (Lipinski definition) is 3. The van der Waals surface area contributed by atoms with E-state index in [-0.39, 0.29) is 5.91 Å². The van der Waals surface area contributed by atoms with Gasteiger partial charge in [0.25, 0.3) is 0 Å². The van der Waals surface area contributed by atoms with Crippen LogP contribution in [0.25, 0.3) is 0 Å². The van der Waals surface area contributed by atoms with E-state index in [2.05, 4.69) is 5.32 Å². The second-order valence-electron chi connectivity index (χ2n) is 5.30. The zero-order valence-electron chi connectivity index (χ0n) is 12.1. The number of carbonyl (C=O) groups excluding carboxylic acids is 1. The minimum atomic E-state index is -0.606. The van der Waals surface area contributed by atoms with Crippen molar-refractivity contribution in [2.75, 3.05) is 7.11 Å². The van der Waals surface area contributed by atoms with E-state index in [0.29, 0.717) is 12.8 Å². The van der Waals surface area contributed by atoms with Crippen molar-refractivity contribution in [3.8, 4) is 5.75 Å². The number of aliphatic hydroxyl groups excluding tert-OH is 1. The van der Waals surface area contributed by atoms with Crippen molar-refractivity contribution in [2.45, 2.75) is 45.3 Å². The summed E-state index contributed by atoms with van der Waals surface area (Å²) in [7, 11) is 1.62. The van der Waals surface area contributed by atoms with Crippen LogP contribution >= 0.6 is 0 Å². The Morgan fingerprint density at radius 3 is 2.74 bits per heavy atom. The molecule has 1 rings (SSSR count). The van der Waals surface area contributed by atoms with Crippen LogP contribution in [0, 0.1) is 0 Å². The van der Waals surface area contributed by atoms with Crippen LogP contribution < -0.4 is 10.1 Å². The molecule has 19 heavy (non-hydrogen) atoms. The molecule has 0 saturated carbocycles. The molecule has 1 aromatic rings. The molecular formula is C15H23NO3. The molecule has 1 amide bonds. The number of amides is 1. The molecule has 0 aliphatic rings. The number of carbonyl (C=O) groups is 1. The van der Waals surface area contributed by atoms with Gasteiger partial charge in [-0.3, -0.25) is 4.79 Å². The molecule has 0 bridgehead atoms. The first kappa shape index (κ1) is 15.5. The minimum Gasteiger partial charge on any atom is -0.497 e. The van der Waals surface area contributed by atoms with Gasteiger partial charge >= 0.3 is 0 Å². The minimum absolute atomic E-state index is 0.0614. The first-order chi connectivity index (χ1) is 8.85. The predicted octanol–water partition coefficient (Wildman–Crippen LogP) is 1.90. The molecule has 1 aromatic carbocycles. The average Bonchev–Trinajstić information content (AvgIpc) is 2.36. The molecule has 0 aliphatic heterocycles. The summed E-state index contributed by atoms with van der Waals surface area (Å²) in [5.74, 6) is 0.732. The molecule has 0 fully saturated rings. The Bertz CT molecular complexity index is 427. The van der Waals surface area contributed by atoms with E-state index in [1.807, 2.05) is 24.3 Å². The number of hydrogen-bond donors (Lipinski definition) is 2. The summed E-state index contributed by atoms with van der Waals surface area (Å²) in [6, 6.07) is 7.68. The summed E-state index contributed by atoms with van der Waals surface area (Å²) in [5, 5.41) is 12.4. The fourth-order valence-electron chi connectivity index (χ4n) is 1.61. The number of nitrogens with one attached hydrogen (secondary N) is 1. The first-order valence-corrected chi connectivity index (χ1v) is 6.47. The van der Waals surface area contributed by atoms with Crippen molar-refractivity contribution < 1.29 is 14.6 Å². The normalized spacial score (nSPS) is 12.9. The van der Waals surface area contributed by atoms with Crippen LogP contribution in [0.3, 0.4) is 0 Å². The Morgan fingerprint density at radius 1 is 1.47 bits per heavy atom. The Labute approximate surface area is 114 Å². The lowest BCUT2D eigenvalue weighted by Crippen LogP contribution is -2.51. The molecular weight excluding hydrogens is 242 g/mol. The Kier molecular flexibility index (Phi) is 5.36. The van der Waals surface area contributed by atoms with Crippen molar-refractivity contribution in [1.29, 1.82) is 0 Å². The number of methoxy groups -OCH3 is 1. The zero-order chi connectivity index (χ0) is 14.5. The van der Waals surface area contributed by atoms with Gasteiger partial charge in [-0.15, -0.1) is 0 Å². The molecule has 0 aliphatic carbocycles. The van der Waals surface area contributed by atoms with Gasteiger partial charge < -0.3 is 15.2 Å². The monoisotopic (exact) mass is 265 g/mol. The highest BCUT2D eigenvalue weighted by Crippen LogP contribution is 2.14. The van der Waals surface area contributed by atoms with Gasteiger partial charge in [0.1, 0.15) is 5.75 Å². The van der Waals surface area contributed by atoms with E-state index in [1.54, 1.807) is 27.9 Å². The standard InChI is InChI=1S/C15H23NO3/c1-11(17)15(2,3)16-14(18)9-8-12-6-5-7-13(10-12)19-4/h5-7,10-11,17H,8-9H2,1-4H3,(H,16,18). The van der Waals surface area contributed by atoms with E-state index >= 15 is 0 Å². The highest BCUT2D eigenvalue weighted by atomic mass is 16.5. The Morgan fingerprint density at radius 2 is 2.16 bits per heavy atom. The maximum absolute atomic E-state index is 11.8. The van der Waals surface area contributed by atoms with E-state index in [0.717, 1.165) is 11.3 Å². The summed E-state index contributed by atoms with van der Waals surface area (Å²) in [4.78, 5) is 11.8.